The summed E-state index contributed by atoms with van der Waals surface area (Å²) in [6.45, 7) is -0.0634. The molecule has 0 saturated carbocycles. The van der Waals surface area contributed by atoms with E-state index >= 15 is 0 Å². The number of pyridine rings is 1. The first kappa shape index (κ1) is 13.4. The van der Waals surface area contributed by atoms with E-state index in [-0.39, 0.29) is 12.4 Å². The topological polar surface area (TPSA) is 42.4 Å². The fourth-order valence-corrected chi connectivity index (χ4v) is 1.53. The number of benzene rings is 1. The monoisotopic (exact) mass is 269 g/mol. The van der Waals surface area contributed by atoms with Crippen LogP contribution in [0.15, 0.2) is 42.6 Å². The molecule has 1 aromatic carbocycles. The van der Waals surface area contributed by atoms with Crippen LogP contribution in [0.25, 0.3) is 11.3 Å². The fourth-order valence-electron chi connectivity index (χ4n) is 1.53. The molecule has 0 amide bonds. The van der Waals surface area contributed by atoms with Gasteiger partial charge in [-0.3, -0.25) is 4.98 Å². The predicted octanol–water partition coefficient (Wildman–Crippen LogP) is 3.14. The standard InChI is InChI=1S/C13H10F3NO2/c14-13(15,16)19-11-5-6-12(17-7-11)10-3-1-9(8-18)2-4-10/h1-7,18H,8H2. The average molecular weight is 269 g/mol. The number of hydrogen-bond donors (Lipinski definition) is 1. The average Bonchev–Trinajstić information content (AvgIpc) is 2.38. The molecule has 0 aliphatic heterocycles. The summed E-state index contributed by atoms with van der Waals surface area (Å²) in [5.74, 6) is -0.358. The van der Waals surface area contributed by atoms with Crippen molar-refractivity contribution < 1.29 is 23.0 Å². The number of rotatable bonds is 3. The van der Waals surface area contributed by atoms with Crippen molar-refractivity contribution in [2.45, 2.75) is 13.0 Å². The Bertz CT molecular complexity index is 535. The lowest BCUT2D eigenvalue weighted by molar-refractivity contribution is -0.274. The normalized spacial score (nSPS) is 11.4. The van der Waals surface area contributed by atoms with Crippen LogP contribution in [0, 0.1) is 0 Å². The number of aromatic nitrogens is 1. The number of aliphatic hydroxyl groups is 1. The fraction of sp³-hybridized carbons (Fsp3) is 0.154. The van der Waals surface area contributed by atoms with E-state index in [4.69, 9.17) is 5.11 Å². The zero-order valence-electron chi connectivity index (χ0n) is 9.69. The van der Waals surface area contributed by atoms with Crippen molar-refractivity contribution >= 4 is 0 Å². The van der Waals surface area contributed by atoms with Crippen molar-refractivity contribution in [2.24, 2.45) is 0 Å². The minimum atomic E-state index is -4.72. The van der Waals surface area contributed by atoms with Gasteiger partial charge in [-0.1, -0.05) is 24.3 Å². The molecule has 19 heavy (non-hydrogen) atoms. The molecule has 0 aliphatic carbocycles. The summed E-state index contributed by atoms with van der Waals surface area (Å²) in [4.78, 5) is 3.90. The van der Waals surface area contributed by atoms with E-state index in [1.165, 1.54) is 12.1 Å². The molecule has 0 aliphatic rings. The first-order valence-electron chi connectivity index (χ1n) is 5.40. The highest BCUT2D eigenvalue weighted by Crippen LogP contribution is 2.24. The molecule has 0 unspecified atom stereocenters. The lowest BCUT2D eigenvalue weighted by atomic mass is 10.1. The molecule has 1 aromatic heterocycles. The quantitative estimate of drug-likeness (QED) is 0.930. The minimum absolute atomic E-state index is 0.0634. The van der Waals surface area contributed by atoms with Crippen LogP contribution in [0.1, 0.15) is 5.56 Å². The lowest BCUT2D eigenvalue weighted by Crippen LogP contribution is -2.17. The maximum absolute atomic E-state index is 12.0. The van der Waals surface area contributed by atoms with Gasteiger partial charge in [0.2, 0.25) is 0 Å². The SMILES string of the molecule is OCc1ccc(-c2ccc(OC(F)(F)F)cn2)cc1. The van der Waals surface area contributed by atoms with Crippen molar-refractivity contribution in [3.05, 3.63) is 48.2 Å². The van der Waals surface area contributed by atoms with Crippen LogP contribution in [0.4, 0.5) is 13.2 Å². The molecule has 2 aromatic rings. The van der Waals surface area contributed by atoms with Gasteiger partial charge in [0.15, 0.2) is 0 Å². The Balaban J connectivity index is 2.17. The third kappa shape index (κ3) is 3.69. The van der Waals surface area contributed by atoms with Gasteiger partial charge in [0.1, 0.15) is 5.75 Å². The molecule has 1 N–H and O–H groups in total. The van der Waals surface area contributed by atoms with Crippen LogP contribution >= 0.6 is 0 Å². The summed E-state index contributed by atoms with van der Waals surface area (Å²) in [6, 6.07) is 9.55. The molecular weight excluding hydrogens is 259 g/mol. The Hall–Kier alpha value is -2.08. The van der Waals surface area contributed by atoms with Crippen molar-refractivity contribution in [3.63, 3.8) is 0 Å². The van der Waals surface area contributed by atoms with Crippen molar-refractivity contribution in [1.29, 1.82) is 0 Å². The van der Waals surface area contributed by atoms with Gasteiger partial charge in [0, 0.05) is 5.56 Å². The van der Waals surface area contributed by atoms with Crippen LogP contribution in [0.2, 0.25) is 0 Å². The summed E-state index contributed by atoms with van der Waals surface area (Å²) >= 11 is 0. The second-order valence-electron chi connectivity index (χ2n) is 3.78. The Morgan fingerprint density at radius 2 is 1.74 bits per heavy atom. The Labute approximate surface area is 107 Å². The van der Waals surface area contributed by atoms with Crippen LogP contribution in [-0.2, 0) is 6.61 Å². The van der Waals surface area contributed by atoms with E-state index in [1.807, 2.05) is 0 Å². The number of aliphatic hydroxyl groups excluding tert-OH is 1. The van der Waals surface area contributed by atoms with Gasteiger partial charge in [-0.15, -0.1) is 13.2 Å². The molecule has 0 spiro atoms. The van der Waals surface area contributed by atoms with Crippen molar-refractivity contribution in [3.8, 4) is 17.0 Å². The summed E-state index contributed by atoms with van der Waals surface area (Å²) in [5.41, 5.74) is 2.02. The zero-order chi connectivity index (χ0) is 13.9. The Morgan fingerprint density at radius 3 is 2.21 bits per heavy atom. The number of hydrogen-bond acceptors (Lipinski definition) is 3. The molecule has 0 atom stereocenters. The molecule has 2 rings (SSSR count). The van der Waals surface area contributed by atoms with Gasteiger partial charge < -0.3 is 9.84 Å². The van der Waals surface area contributed by atoms with E-state index in [9.17, 15) is 13.2 Å². The summed E-state index contributed by atoms with van der Waals surface area (Å²) in [5, 5.41) is 8.90. The molecule has 100 valence electrons. The van der Waals surface area contributed by atoms with E-state index < -0.39 is 6.36 Å². The second-order valence-corrected chi connectivity index (χ2v) is 3.78. The Morgan fingerprint density at radius 1 is 1.05 bits per heavy atom. The van der Waals surface area contributed by atoms with Crippen LogP contribution < -0.4 is 4.74 Å². The molecular formula is C13H10F3NO2. The molecule has 0 radical (unpaired) electrons. The predicted molar refractivity (Wildman–Crippen MR) is 62.3 cm³/mol. The molecule has 6 heteroatoms. The first-order valence-corrected chi connectivity index (χ1v) is 5.40. The van der Waals surface area contributed by atoms with Crippen molar-refractivity contribution in [1.82, 2.24) is 4.98 Å². The summed E-state index contributed by atoms with van der Waals surface area (Å²) < 4.78 is 39.7. The van der Waals surface area contributed by atoms with Crippen LogP contribution in [0.5, 0.6) is 5.75 Å². The highest BCUT2D eigenvalue weighted by atomic mass is 19.4. The van der Waals surface area contributed by atoms with Gasteiger partial charge in [-0.2, -0.15) is 0 Å². The smallest absolute Gasteiger partial charge is 0.404 e. The summed E-state index contributed by atoms with van der Waals surface area (Å²) in [7, 11) is 0. The van der Waals surface area contributed by atoms with Gasteiger partial charge in [0.25, 0.3) is 0 Å². The van der Waals surface area contributed by atoms with Gasteiger partial charge >= 0.3 is 6.36 Å². The van der Waals surface area contributed by atoms with Crippen LogP contribution in [0.3, 0.4) is 0 Å². The third-order valence-corrected chi connectivity index (χ3v) is 2.40. The van der Waals surface area contributed by atoms with Gasteiger partial charge in [-0.05, 0) is 17.7 Å². The Kier molecular flexibility index (Phi) is 3.71. The zero-order valence-corrected chi connectivity index (χ0v) is 9.69. The second kappa shape index (κ2) is 5.27. The number of nitrogens with zero attached hydrogens (tertiary/aromatic N) is 1. The number of halogens is 3. The number of ether oxygens (including phenoxy) is 1. The summed E-state index contributed by atoms with van der Waals surface area (Å²) in [6.07, 6.45) is -3.70. The maximum atomic E-state index is 12.0. The largest absolute Gasteiger partial charge is 0.573 e. The third-order valence-electron chi connectivity index (χ3n) is 2.40. The highest BCUT2D eigenvalue weighted by molar-refractivity contribution is 5.59. The van der Waals surface area contributed by atoms with Gasteiger partial charge in [0.05, 0.1) is 18.5 Å². The van der Waals surface area contributed by atoms with Crippen LogP contribution in [-0.4, -0.2) is 16.5 Å². The first-order chi connectivity index (χ1) is 8.98. The van der Waals surface area contributed by atoms with Gasteiger partial charge in [-0.25, -0.2) is 0 Å². The molecule has 0 fully saturated rings. The number of alkyl halides is 3. The van der Waals surface area contributed by atoms with E-state index in [2.05, 4.69) is 9.72 Å². The minimum Gasteiger partial charge on any atom is -0.404 e. The van der Waals surface area contributed by atoms with E-state index in [0.29, 0.717) is 5.69 Å². The molecule has 3 nitrogen and oxygen atoms in total. The molecule has 0 saturated heterocycles. The lowest BCUT2D eigenvalue weighted by Gasteiger charge is -2.08. The maximum Gasteiger partial charge on any atom is 0.573 e. The molecule has 1 heterocycles. The van der Waals surface area contributed by atoms with E-state index in [1.54, 1.807) is 24.3 Å². The van der Waals surface area contributed by atoms with Crippen molar-refractivity contribution in [2.75, 3.05) is 0 Å². The highest BCUT2D eigenvalue weighted by Gasteiger charge is 2.31. The van der Waals surface area contributed by atoms with E-state index in [0.717, 1.165) is 17.3 Å². The molecule has 0 bridgehead atoms.